The van der Waals surface area contributed by atoms with Gasteiger partial charge in [-0.25, -0.2) is 13.8 Å². The van der Waals surface area contributed by atoms with Crippen LogP contribution in [0.1, 0.15) is 13.8 Å². The Morgan fingerprint density at radius 3 is 2.67 bits per heavy atom. The van der Waals surface area contributed by atoms with Crippen LogP contribution in [0.15, 0.2) is 52.4 Å². The number of aromatic nitrogens is 2. The number of hydrogen-bond acceptors (Lipinski definition) is 4. The molecule has 2 aromatic carbocycles. The van der Waals surface area contributed by atoms with E-state index < -0.39 is 22.8 Å². The molecule has 8 heteroatoms. The van der Waals surface area contributed by atoms with E-state index in [0.717, 1.165) is 23.9 Å². The topological polar surface area (TPSA) is 64.0 Å². The van der Waals surface area contributed by atoms with Crippen molar-refractivity contribution in [2.45, 2.75) is 30.8 Å². The summed E-state index contributed by atoms with van der Waals surface area (Å²) < 4.78 is 27.8. The normalized spacial score (nSPS) is 12.1. The Morgan fingerprint density at radius 2 is 1.96 bits per heavy atom. The Morgan fingerprint density at radius 1 is 1.22 bits per heavy atom. The Kier molecular flexibility index (Phi) is 5.55. The summed E-state index contributed by atoms with van der Waals surface area (Å²) in [5.41, 5.74) is 0.549. The lowest BCUT2D eigenvalue weighted by Crippen LogP contribution is -2.26. The molecule has 0 aliphatic rings. The molecule has 0 saturated carbocycles. The molecular formula is C19H17F2N3O2S. The summed E-state index contributed by atoms with van der Waals surface area (Å²) in [6.45, 7) is 3.89. The molecule has 0 saturated heterocycles. The van der Waals surface area contributed by atoms with Crippen molar-refractivity contribution in [3.8, 4) is 0 Å². The summed E-state index contributed by atoms with van der Waals surface area (Å²) >= 11 is 1.13. The highest BCUT2D eigenvalue weighted by Crippen LogP contribution is 2.24. The molecule has 0 aliphatic heterocycles. The molecule has 1 atom stereocenters. The van der Waals surface area contributed by atoms with Gasteiger partial charge >= 0.3 is 0 Å². The molecule has 1 aromatic heterocycles. The highest BCUT2D eigenvalue weighted by atomic mass is 32.2. The average molecular weight is 389 g/mol. The third kappa shape index (κ3) is 4.00. The minimum Gasteiger partial charge on any atom is -0.325 e. The van der Waals surface area contributed by atoms with Crippen molar-refractivity contribution in [3.63, 3.8) is 0 Å². The minimum atomic E-state index is -1.04. The average Bonchev–Trinajstić information content (AvgIpc) is 2.65. The summed E-state index contributed by atoms with van der Waals surface area (Å²) in [4.78, 5) is 29.5. The SMILES string of the molecule is CCn1c(S[C@H](C)C(=O)Nc2ccc(F)c(F)c2)nc2ccccc2c1=O. The first-order chi connectivity index (χ1) is 12.9. The second-order valence-electron chi connectivity index (χ2n) is 5.84. The highest BCUT2D eigenvalue weighted by molar-refractivity contribution is 8.00. The number of rotatable bonds is 5. The molecule has 3 aromatic rings. The Balaban J connectivity index is 1.84. The quantitative estimate of drug-likeness (QED) is 0.532. The molecular weight excluding hydrogens is 372 g/mol. The van der Waals surface area contributed by atoms with Crippen LogP contribution in [-0.4, -0.2) is 20.7 Å². The van der Waals surface area contributed by atoms with E-state index >= 15 is 0 Å². The smallest absolute Gasteiger partial charge is 0.262 e. The van der Waals surface area contributed by atoms with E-state index in [-0.39, 0.29) is 11.2 Å². The number of hydrogen-bond donors (Lipinski definition) is 1. The summed E-state index contributed by atoms with van der Waals surface area (Å²) in [5.74, 6) is -2.43. The first kappa shape index (κ1) is 19.0. The number of anilines is 1. The summed E-state index contributed by atoms with van der Waals surface area (Å²) in [6, 6.07) is 10.2. The second-order valence-corrected chi connectivity index (χ2v) is 7.15. The number of halogens is 2. The number of carbonyl (C=O) groups is 1. The molecule has 0 bridgehead atoms. The molecule has 1 amide bonds. The van der Waals surface area contributed by atoms with Crippen molar-refractivity contribution in [1.29, 1.82) is 0 Å². The van der Waals surface area contributed by atoms with Gasteiger partial charge in [0.15, 0.2) is 16.8 Å². The van der Waals surface area contributed by atoms with Gasteiger partial charge in [0.1, 0.15) is 0 Å². The van der Waals surface area contributed by atoms with Crippen LogP contribution in [0.5, 0.6) is 0 Å². The van der Waals surface area contributed by atoms with Crippen LogP contribution in [0.25, 0.3) is 10.9 Å². The van der Waals surface area contributed by atoms with Crippen LogP contribution < -0.4 is 10.9 Å². The van der Waals surface area contributed by atoms with Crippen molar-refractivity contribution < 1.29 is 13.6 Å². The predicted molar refractivity (Wildman–Crippen MR) is 102 cm³/mol. The summed E-state index contributed by atoms with van der Waals surface area (Å²) in [5, 5.41) is 2.87. The number of para-hydroxylation sites is 1. The molecule has 0 aliphatic carbocycles. The molecule has 3 rings (SSSR count). The van der Waals surface area contributed by atoms with Crippen LogP contribution in [0.2, 0.25) is 0 Å². The molecule has 1 N–H and O–H groups in total. The summed E-state index contributed by atoms with van der Waals surface area (Å²) in [6.07, 6.45) is 0. The molecule has 0 unspecified atom stereocenters. The molecule has 0 radical (unpaired) electrons. The third-order valence-corrected chi connectivity index (χ3v) is 5.07. The van der Waals surface area contributed by atoms with Gasteiger partial charge in [-0.3, -0.25) is 14.2 Å². The van der Waals surface area contributed by atoms with Crippen LogP contribution >= 0.6 is 11.8 Å². The Labute approximate surface area is 158 Å². The largest absolute Gasteiger partial charge is 0.325 e. The standard InChI is InChI=1S/C19H17F2N3O2S/c1-3-24-18(26)13-6-4-5-7-16(13)23-19(24)27-11(2)17(25)22-12-8-9-14(20)15(21)10-12/h4-11H,3H2,1-2H3,(H,22,25)/t11-/m1/s1. The van der Waals surface area contributed by atoms with Crippen LogP contribution in [0.4, 0.5) is 14.5 Å². The van der Waals surface area contributed by atoms with Crippen molar-refractivity contribution in [2.75, 3.05) is 5.32 Å². The third-order valence-electron chi connectivity index (χ3n) is 3.98. The van der Waals surface area contributed by atoms with Crippen molar-refractivity contribution in [2.24, 2.45) is 0 Å². The van der Waals surface area contributed by atoms with Gasteiger partial charge in [0, 0.05) is 18.3 Å². The fourth-order valence-corrected chi connectivity index (χ4v) is 3.52. The van der Waals surface area contributed by atoms with Crippen molar-refractivity contribution in [1.82, 2.24) is 9.55 Å². The van der Waals surface area contributed by atoms with E-state index in [9.17, 15) is 18.4 Å². The van der Waals surface area contributed by atoms with E-state index in [1.165, 1.54) is 10.6 Å². The lowest BCUT2D eigenvalue weighted by molar-refractivity contribution is -0.115. The van der Waals surface area contributed by atoms with Crippen molar-refractivity contribution >= 4 is 34.3 Å². The van der Waals surface area contributed by atoms with E-state index in [2.05, 4.69) is 10.3 Å². The monoisotopic (exact) mass is 389 g/mol. The number of nitrogens with one attached hydrogen (secondary N) is 1. The zero-order chi connectivity index (χ0) is 19.6. The predicted octanol–water partition coefficient (Wildman–Crippen LogP) is 3.81. The van der Waals surface area contributed by atoms with Crippen molar-refractivity contribution in [3.05, 3.63) is 64.5 Å². The van der Waals surface area contributed by atoms with Crippen LogP contribution in [-0.2, 0) is 11.3 Å². The van der Waals surface area contributed by atoms with E-state index in [4.69, 9.17) is 0 Å². The zero-order valence-corrected chi connectivity index (χ0v) is 15.5. The lowest BCUT2D eigenvalue weighted by atomic mass is 10.2. The Bertz CT molecular complexity index is 1070. The number of carbonyl (C=O) groups excluding carboxylic acids is 1. The maximum absolute atomic E-state index is 13.3. The van der Waals surface area contributed by atoms with E-state index in [1.807, 2.05) is 6.92 Å². The maximum Gasteiger partial charge on any atom is 0.262 e. The molecule has 27 heavy (non-hydrogen) atoms. The minimum absolute atomic E-state index is 0.158. The van der Waals surface area contributed by atoms with Gasteiger partial charge in [-0.05, 0) is 38.1 Å². The van der Waals surface area contributed by atoms with Gasteiger partial charge in [0.05, 0.1) is 16.2 Å². The van der Waals surface area contributed by atoms with Crippen LogP contribution in [0.3, 0.4) is 0 Å². The number of nitrogens with zero attached hydrogens (tertiary/aromatic N) is 2. The fraction of sp³-hybridized carbons (Fsp3) is 0.211. The molecule has 0 fully saturated rings. The number of thioether (sulfide) groups is 1. The second kappa shape index (κ2) is 7.87. The Hall–Kier alpha value is -2.74. The zero-order valence-electron chi connectivity index (χ0n) is 14.7. The number of amides is 1. The van der Waals surface area contributed by atoms with E-state index in [0.29, 0.717) is 22.6 Å². The summed E-state index contributed by atoms with van der Waals surface area (Å²) in [7, 11) is 0. The number of benzene rings is 2. The van der Waals surface area contributed by atoms with Gasteiger partial charge in [-0.1, -0.05) is 23.9 Å². The van der Waals surface area contributed by atoms with Gasteiger partial charge in [-0.2, -0.15) is 0 Å². The van der Waals surface area contributed by atoms with Gasteiger partial charge in [-0.15, -0.1) is 0 Å². The van der Waals surface area contributed by atoms with Gasteiger partial charge < -0.3 is 5.32 Å². The fourth-order valence-electron chi connectivity index (χ4n) is 2.55. The van der Waals surface area contributed by atoms with Gasteiger partial charge in [0.2, 0.25) is 5.91 Å². The van der Waals surface area contributed by atoms with Crippen LogP contribution in [0, 0.1) is 11.6 Å². The first-order valence-electron chi connectivity index (χ1n) is 8.33. The van der Waals surface area contributed by atoms with E-state index in [1.54, 1.807) is 31.2 Å². The first-order valence-corrected chi connectivity index (χ1v) is 9.20. The molecule has 0 spiro atoms. The molecule has 5 nitrogen and oxygen atoms in total. The van der Waals surface area contributed by atoms with Gasteiger partial charge in [0.25, 0.3) is 5.56 Å². The maximum atomic E-state index is 13.3. The number of fused-ring (bicyclic) bond motifs is 1. The lowest BCUT2D eigenvalue weighted by Gasteiger charge is -2.15. The highest BCUT2D eigenvalue weighted by Gasteiger charge is 2.19. The molecule has 140 valence electrons. The molecule has 1 heterocycles.